The van der Waals surface area contributed by atoms with Gasteiger partial charge >= 0.3 is 18.2 Å². The minimum atomic E-state index is -5.08. The van der Waals surface area contributed by atoms with Crippen LogP contribution in [-0.2, 0) is 30.2 Å². The molecule has 0 unspecified atom stereocenters. The zero-order chi connectivity index (χ0) is 63.8. The van der Waals surface area contributed by atoms with Gasteiger partial charge in [-0.3, -0.25) is 19.4 Å². The van der Waals surface area contributed by atoms with Gasteiger partial charge in [-0.05, 0) is 173 Å². The van der Waals surface area contributed by atoms with E-state index in [1.54, 1.807) is 71.2 Å². The molecular weight excluding hydrogens is 1130 g/mol. The molecule has 4 atom stereocenters. The van der Waals surface area contributed by atoms with Gasteiger partial charge in [-0.15, -0.1) is 0 Å². The predicted octanol–water partition coefficient (Wildman–Crippen LogP) is 9.61. The van der Waals surface area contributed by atoms with E-state index in [0.717, 1.165) is 89.4 Å². The van der Waals surface area contributed by atoms with Crippen LogP contribution in [0.15, 0.2) is 60.9 Å². The fourth-order valence-corrected chi connectivity index (χ4v) is 10.7. The quantitative estimate of drug-likeness (QED) is 0.0576. The molecule has 2 aliphatic heterocycles. The molecule has 4 fully saturated rings. The molecule has 1 aromatic heterocycles. The molecule has 3 heterocycles. The van der Waals surface area contributed by atoms with Crippen LogP contribution >= 0.6 is 0 Å². The van der Waals surface area contributed by atoms with Crippen LogP contribution in [0.25, 0.3) is 0 Å². The molecule has 2 aromatic carbocycles. The highest BCUT2D eigenvalue weighted by Gasteiger charge is 2.41. The first-order valence-corrected chi connectivity index (χ1v) is 30.6. The van der Waals surface area contributed by atoms with E-state index in [2.05, 4.69) is 34.4 Å². The van der Waals surface area contributed by atoms with Crippen molar-refractivity contribution in [2.24, 2.45) is 0 Å². The number of carboxylic acid groups (broad SMARTS) is 1. The van der Waals surface area contributed by atoms with Gasteiger partial charge in [0.1, 0.15) is 5.60 Å². The minimum Gasteiger partial charge on any atom is -0.493 e. The zero-order valence-electron chi connectivity index (χ0n) is 53.0. The molecule has 486 valence electrons. The van der Waals surface area contributed by atoms with Gasteiger partial charge in [-0.2, -0.15) is 13.2 Å². The van der Waals surface area contributed by atoms with Crippen molar-refractivity contribution in [3.8, 4) is 23.0 Å². The second-order valence-electron chi connectivity index (χ2n) is 24.0. The Bertz CT molecular complexity index is 2610. The first-order valence-electron chi connectivity index (χ1n) is 30.6. The molecule has 23 heteroatoms. The van der Waals surface area contributed by atoms with Crippen LogP contribution in [0.4, 0.5) is 18.0 Å². The van der Waals surface area contributed by atoms with Crippen LogP contribution in [0.2, 0.25) is 0 Å². The summed E-state index contributed by atoms with van der Waals surface area (Å²) in [5.74, 6) is -0.357. The fraction of sp³-hybridized carbons (Fsp3) is 0.656. The highest BCUT2D eigenvalue weighted by Crippen LogP contribution is 2.34. The lowest BCUT2D eigenvalue weighted by Gasteiger charge is -2.45. The van der Waals surface area contributed by atoms with Crippen LogP contribution in [-0.4, -0.2) is 201 Å². The first kappa shape index (κ1) is 71.3. The number of hydrogen-bond donors (Lipinski definition) is 3. The topological polar surface area (TPSA) is 220 Å². The van der Waals surface area contributed by atoms with Crippen molar-refractivity contribution in [1.29, 1.82) is 0 Å². The molecule has 0 radical (unpaired) electrons. The lowest BCUT2D eigenvalue weighted by atomic mass is 9.94. The molecule has 87 heavy (non-hydrogen) atoms. The smallest absolute Gasteiger partial charge is 0.490 e. The number of alkyl halides is 3. The summed E-state index contributed by atoms with van der Waals surface area (Å²) in [6, 6.07) is 15.9. The van der Waals surface area contributed by atoms with E-state index >= 15 is 0 Å². The van der Waals surface area contributed by atoms with Gasteiger partial charge in [-0.1, -0.05) is 0 Å². The van der Waals surface area contributed by atoms with E-state index in [1.165, 1.54) is 12.8 Å². The van der Waals surface area contributed by atoms with Gasteiger partial charge in [0.2, 0.25) is 5.91 Å². The number of methoxy groups -OCH3 is 4. The Labute approximate surface area is 512 Å². The number of nitrogens with one attached hydrogen (secondary N) is 2. The van der Waals surface area contributed by atoms with Crippen molar-refractivity contribution in [1.82, 2.24) is 35.2 Å². The van der Waals surface area contributed by atoms with Crippen LogP contribution in [0, 0.1) is 0 Å². The number of halogens is 3. The third-order valence-corrected chi connectivity index (χ3v) is 15.4. The molecule has 0 spiro atoms. The summed E-state index contributed by atoms with van der Waals surface area (Å²) in [4.78, 5) is 74.8. The van der Waals surface area contributed by atoms with Crippen molar-refractivity contribution in [3.63, 3.8) is 0 Å². The summed E-state index contributed by atoms with van der Waals surface area (Å²) in [5, 5.41) is 14.4. The molecule has 7 rings (SSSR count). The van der Waals surface area contributed by atoms with E-state index in [4.69, 9.17) is 43.1 Å². The van der Waals surface area contributed by atoms with Crippen molar-refractivity contribution in [2.45, 2.75) is 192 Å². The fourth-order valence-electron chi connectivity index (χ4n) is 10.7. The number of carbonyl (C=O) groups is 5. The number of pyridine rings is 1. The lowest BCUT2D eigenvalue weighted by Crippen LogP contribution is -2.57. The first-order chi connectivity index (χ1) is 41.4. The number of benzene rings is 2. The Morgan fingerprint density at radius 3 is 1.66 bits per heavy atom. The summed E-state index contributed by atoms with van der Waals surface area (Å²) in [6.07, 6.45) is 10.00. The van der Waals surface area contributed by atoms with Gasteiger partial charge in [0.15, 0.2) is 23.0 Å². The van der Waals surface area contributed by atoms with Gasteiger partial charge in [0.25, 0.3) is 11.8 Å². The molecule has 4 amide bonds. The number of likely N-dealkylation sites (tertiary alicyclic amines) is 1. The molecule has 4 aliphatic rings. The maximum atomic E-state index is 13.9. The van der Waals surface area contributed by atoms with E-state index in [9.17, 15) is 32.3 Å². The van der Waals surface area contributed by atoms with Crippen LogP contribution in [0.1, 0.15) is 152 Å². The molecule has 3 N–H and O–H groups in total. The number of carboxylic acids is 1. The number of aromatic nitrogens is 1. The molecule has 0 bridgehead atoms. The van der Waals surface area contributed by atoms with E-state index in [1.807, 2.05) is 67.5 Å². The molecule has 20 nitrogen and oxygen atoms in total. The van der Waals surface area contributed by atoms with Crippen molar-refractivity contribution in [3.05, 3.63) is 77.6 Å². The number of nitrogens with zero attached hydrogens (tertiary/aromatic N) is 5. The molecule has 2 aliphatic carbocycles. The number of rotatable bonds is 28. The van der Waals surface area contributed by atoms with Crippen molar-refractivity contribution < 1.29 is 75.4 Å². The number of aliphatic carboxylic acids is 1. The maximum absolute atomic E-state index is 13.9. The van der Waals surface area contributed by atoms with Crippen LogP contribution in [0.5, 0.6) is 23.0 Å². The number of amides is 4. The number of hydrogen-bond acceptors (Lipinski definition) is 15. The third-order valence-electron chi connectivity index (χ3n) is 15.4. The Morgan fingerprint density at radius 1 is 0.690 bits per heavy atom. The van der Waals surface area contributed by atoms with Gasteiger partial charge < -0.3 is 68.5 Å². The second kappa shape index (κ2) is 34.9. The average molecular weight is 1230 g/mol. The molecule has 2 saturated carbocycles. The van der Waals surface area contributed by atoms with Gasteiger partial charge in [0.05, 0.1) is 39.9 Å². The number of piperidine rings is 2. The van der Waals surface area contributed by atoms with E-state index < -0.39 is 17.7 Å². The summed E-state index contributed by atoms with van der Waals surface area (Å²) < 4.78 is 70.5. The summed E-state index contributed by atoms with van der Waals surface area (Å²) in [5.41, 5.74) is 1.55. The zero-order valence-corrected chi connectivity index (χ0v) is 53.0. The summed E-state index contributed by atoms with van der Waals surface area (Å²) >= 11 is 0. The highest BCUT2D eigenvalue weighted by atomic mass is 19.4. The van der Waals surface area contributed by atoms with Crippen LogP contribution < -0.4 is 29.6 Å². The van der Waals surface area contributed by atoms with Crippen LogP contribution in [0.3, 0.4) is 0 Å². The Morgan fingerprint density at radius 2 is 1.21 bits per heavy atom. The Balaban J connectivity index is 0.000000286. The Hall–Kier alpha value is -6.43. The largest absolute Gasteiger partial charge is 0.493 e. The molecule has 2 saturated heterocycles. The van der Waals surface area contributed by atoms with E-state index in [-0.39, 0.29) is 54.0 Å². The Kier molecular flexibility index (Phi) is 28.6. The highest BCUT2D eigenvalue weighted by molar-refractivity contribution is 5.96. The van der Waals surface area contributed by atoms with Crippen molar-refractivity contribution in [2.75, 3.05) is 81.0 Å². The second-order valence-corrected chi connectivity index (χ2v) is 24.0. The standard InChI is InChI=1S/C32H46N4O5.C30H49N3O6.C2HF3O2/c1-23(2)36(32(38)25-6-11-29(40-4)30(21-25)41-19-5-18-39-3)28-8-7-26(34-22-28)14-17-35(27-9-10-27)31(37)20-24-12-15-33-16-13-24;1-21(2)33(28(34)22-9-14-26(37-7)27(19-22)38-18-8-17-36-6)25-13-12-24(15-16-31-23-10-11-23)32(20-25)29(35)39-30(3,4)5;3-2(4,5)1(6)7/h6,11-13,15-16,21,23,26-28,34H,5,7-10,14,17-20,22H2,1-4H3;9,14,19,21,23-25,31H,8,10-13,15-18,20H2,1-7H3;(H,6,7)/t26-,28-;24-,25-;/m11./s1. The normalized spacial score (nSPS) is 18.5. The van der Waals surface area contributed by atoms with Gasteiger partial charge in [0, 0.05) is 126 Å². The summed E-state index contributed by atoms with van der Waals surface area (Å²) in [7, 11) is 6.51. The number of ether oxygens (including phenoxy) is 7. The van der Waals surface area contributed by atoms with E-state index in [0.29, 0.717) is 91.6 Å². The molecule has 3 aromatic rings. The maximum Gasteiger partial charge on any atom is 0.490 e. The third kappa shape index (κ3) is 23.6. The summed E-state index contributed by atoms with van der Waals surface area (Å²) in [6.45, 7) is 18.8. The number of carbonyl (C=O) groups excluding carboxylic acids is 4. The minimum absolute atomic E-state index is 0.00346. The monoisotopic (exact) mass is 1230 g/mol. The average Bonchev–Trinajstić information content (AvgIpc) is 2.27. The van der Waals surface area contributed by atoms with Gasteiger partial charge in [-0.25, -0.2) is 9.59 Å². The lowest BCUT2D eigenvalue weighted by molar-refractivity contribution is -0.192. The predicted molar refractivity (Wildman–Crippen MR) is 324 cm³/mol. The van der Waals surface area contributed by atoms with Crippen molar-refractivity contribution >= 4 is 29.8 Å². The molecular formula is C64H96F3N7O13. The SMILES string of the molecule is COCCCOc1cc(C(=O)N(C(C)C)[C@@H]2CC[C@H](CCN(C(=O)Cc3ccncc3)C3CC3)NC2)ccc1OC.COCCCOc1cc(C(=O)N(C(C)C)[C@@H]2CC[C@H](CCNC3CC3)N(C(=O)OC(C)(C)C)C2)ccc1OC.O=C(O)C(F)(F)F.